The molecule has 0 saturated heterocycles. The zero-order valence-electron chi connectivity index (χ0n) is 16.7. The molecule has 8 heteroatoms. The van der Waals surface area contributed by atoms with Crippen LogP contribution in [0.1, 0.15) is 24.8 Å². The maximum absolute atomic E-state index is 14.8. The first kappa shape index (κ1) is 21.8. The molecule has 2 aromatic rings. The summed E-state index contributed by atoms with van der Waals surface area (Å²) in [7, 11) is -3.92. The molecule has 1 saturated carbocycles. The molecule has 0 aromatic heterocycles. The van der Waals surface area contributed by atoms with Crippen molar-refractivity contribution in [2.24, 2.45) is 0 Å². The second-order valence-corrected chi connectivity index (χ2v) is 9.37. The highest BCUT2D eigenvalue weighted by molar-refractivity contribution is 7.94. The van der Waals surface area contributed by atoms with Crippen LogP contribution < -0.4 is 14.8 Å². The van der Waals surface area contributed by atoms with Crippen LogP contribution in [-0.2, 0) is 10.0 Å². The number of rotatable bonds is 10. The van der Waals surface area contributed by atoms with Crippen molar-refractivity contribution in [3.8, 4) is 5.75 Å². The molecule has 0 unspecified atom stereocenters. The number of benzene rings is 2. The van der Waals surface area contributed by atoms with Crippen LogP contribution in [0.25, 0.3) is 0 Å². The summed E-state index contributed by atoms with van der Waals surface area (Å²) in [4.78, 5) is 0. The van der Waals surface area contributed by atoms with Crippen molar-refractivity contribution in [3.63, 3.8) is 0 Å². The summed E-state index contributed by atoms with van der Waals surface area (Å²) in [5, 5.41) is 2.78. The predicted octanol–water partition coefficient (Wildman–Crippen LogP) is 5.43. The molecule has 0 radical (unpaired) electrons. The number of sulfonamides is 1. The first-order chi connectivity index (χ1) is 14.2. The Bertz CT molecular complexity index is 1060. The summed E-state index contributed by atoms with van der Waals surface area (Å²) in [5.74, 6) is -2.52. The Hall–Kier alpha value is -2.87. The van der Waals surface area contributed by atoms with E-state index in [1.807, 2.05) is 6.92 Å². The maximum Gasteiger partial charge on any atom is 0.238 e. The quantitative estimate of drug-likeness (QED) is 0.489. The van der Waals surface area contributed by atoms with Gasteiger partial charge in [0.1, 0.15) is 23.7 Å². The minimum absolute atomic E-state index is 0.0123. The number of ether oxygens (including phenoxy) is 1. The SMILES string of the molecule is C=CCOc1cc(F)c(F)c(Nc2ccc(C)cc2)c1NS(=O)(=O)C1(CC=C)CC1. The zero-order chi connectivity index (χ0) is 21.9. The van der Waals surface area contributed by atoms with Gasteiger partial charge in [-0.3, -0.25) is 4.72 Å². The number of hydrogen-bond acceptors (Lipinski definition) is 4. The second-order valence-electron chi connectivity index (χ2n) is 7.29. The van der Waals surface area contributed by atoms with Crippen molar-refractivity contribution < 1.29 is 21.9 Å². The Labute approximate surface area is 175 Å². The van der Waals surface area contributed by atoms with Gasteiger partial charge in [-0.05, 0) is 38.3 Å². The van der Waals surface area contributed by atoms with E-state index in [0.717, 1.165) is 11.6 Å². The highest BCUT2D eigenvalue weighted by Crippen LogP contribution is 2.49. The van der Waals surface area contributed by atoms with Gasteiger partial charge in [-0.1, -0.05) is 36.4 Å². The molecule has 30 heavy (non-hydrogen) atoms. The summed E-state index contributed by atoms with van der Waals surface area (Å²) in [6, 6.07) is 7.78. The molecule has 160 valence electrons. The maximum atomic E-state index is 14.8. The van der Waals surface area contributed by atoms with E-state index in [1.54, 1.807) is 24.3 Å². The van der Waals surface area contributed by atoms with Gasteiger partial charge < -0.3 is 10.1 Å². The van der Waals surface area contributed by atoms with Crippen LogP contribution in [0.5, 0.6) is 5.75 Å². The monoisotopic (exact) mass is 434 g/mol. The number of hydrogen-bond donors (Lipinski definition) is 2. The average molecular weight is 435 g/mol. The van der Waals surface area contributed by atoms with Crippen LogP contribution in [0.15, 0.2) is 55.6 Å². The Balaban J connectivity index is 2.09. The lowest BCUT2D eigenvalue weighted by Crippen LogP contribution is -2.30. The highest BCUT2D eigenvalue weighted by atomic mass is 32.2. The van der Waals surface area contributed by atoms with E-state index in [0.29, 0.717) is 18.5 Å². The average Bonchev–Trinajstić information content (AvgIpc) is 3.49. The lowest BCUT2D eigenvalue weighted by molar-refractivity contribution is 0.361. The summed E-state index contributed by atoms with van der Waals surface area (Å²) >= 11 is 0. The van der Waals surface area contributed by atoms with E-state index < -0.39 is 26.4 Å². The van der Waals surface area contributed by atoms with E-state index in [1.165, 1.54) is 12.2 Å². The second kappa shape index (κ2) is 8.47. The summed E-state index contributed by atoms with van der Waals surface area (Å²) in [5.41, 5.74) is 0.909. The van der Waals surface area contributed by atoms with Crippen LogP contribution in [-0.4, -0.2) is 19.8 Å². The van der Waals surface area contributed by atoms with Gasteiger partial charge in [0.2, 0.25) is 10.0 Å². The van der Waals surface area contributed by atoms with Gasteiger partial charge in [0.25, 0.3) is 0 Å². The minimum atomic E-state index is -3.92. The molecule has 0 atom stereocenters. The Morgan fingerprint density at radius 2 is 1.80 bits per heavy atom. The van der Waals surface area contributed by atoms with Crippen LogP contribution >= 0.6 is 0 Å². The Morgan fingerprint density at radius 3 is 2.37 bits per heavy atom. The molecule has 0 bridgehead atoms. The fourth-order valence-electron chi connectivity index (χ4n) is 3.09. The van der Waals surface area contributed by atoms with Gasteiger partial charge in [-0.25, -0.2) is 17.2 Å². The summed E-state index contributed by atoms with van der Waals surface area (Å²) in [6.07, 6.45) is 4.14. The van der Waals surface area contributed by atoms with Crippen molar-refractivity contribution >= 4 is 27.1 Å². The summed E-state index contributed by atoms with van der Waals surface area (Å²) < 4.78 is 62.1. The molecule has 0 spiro atoms. The van der Waals surface area contributed by atoms with Gasteiger partial charge in [-0.15, -0.1) is 6.58 Å². The van der Waals surface area contributed by atoms with E-state index in [4.69, 9.17) is 4.74 Å². The highest BCUT2D eigenvalue weighted by Gasteiger charge is 2.54. The third-order valence-electron chi connectivity index (χ3n) is 4.99. The molecule has 1 fully saturated rings. The topological polar surface area (TPSA) is 67.4 Å². The Kier molecular flexibility index (Phi) is 6.17. The lowest BCUT2D eigenvalue weighted by Gasteiger charge is -2.22. The molecule has 3 rings (SSSR count). The number of allylic oxidation sites excluding steroid dienone is 1. The molecule has 2 N–H and O–H groups in total. The first-order valence-corrected chi connectivity index (χ1v) is 10.9. The van der Waals surface area contributed by atoms with E-state index in [9.17, 15) is 17.2 Å². The van der Waals surface area contributed by atoms with E-state index in [2.05, 4.69) is 23.2 Å². The largest absolute Gasteiger partial charge is 0.487 e. The van der Waals surface area contributed by atoms with Crippen molar-refractivity contribution in [2.75, 3.05) is 16.6 Å². The number of anilines is 3. The normalized spacial score (nSPS) is 14.6. The molecule has 1 aliphatic carbocycles. The molecule has 0 heterocycles. The molecular formula is C22H24F2N2O3S. The lowest BCUT2D eigenvalue weighted by atomic mass is 10.2. The van der Waals surface area contributed by atoms with Crippen molar-refractivity contribution in [3.05, 3.63) is 72.8 Å². The predicted molar refractivity (Wildman–Crippen MR) is 116 cm³/mol. The fraction of sp³-hybridized carbons (Fsp3) is 0.273. The van der Waals surface area contributed by atoms with Crippen molar-refractivity contribution in [1.29, 1.82) is 0 Å². The zero-order valence-corrected chi connectivity index (χ0v) is 17.5. The third-order valence-corrected chi connectivity index (χ3v) is 7.18. The van der Waals surface area contributed by atoms with Crippen molar-refractivity contribution in [1.82, 2.24) is 0 Å². The van der Waals surface area contributed by atoms with Crippen LogP contribution in [0.4, 0.5) is 25.8 Å². The molecule has 0 aliphatic heterocycles. The number of halogens is 2. The molecule has 2 aromatic carbocycles. The minimum Gasteiger partial charge on any atom is -0.487 e. The van der Waals surface area contributed by atoms with Gasteiger partial charge in [0.15, 0.2) is 11.6 Å². The summed E-state index contributed by atoms with van der Waals surface area (Å²) in [6.45, 7) is 9.03. The number of nitrogens with one attached hydrogen (secondary N) is 2. The molecule has 0 amide bonds. The van der Waals surface area contributed by atoms with Gasteiger partial charge in [0, 0.05) is 11.8 Å². The molecular weight excluding hydrogens is 410 g/mol. The number of aryl methyl sites for hydroxylation is 1. The Morgan fingerprint density at radius 1 is 1.13 bits per heavy atom. The van der Waals surface area contributed by atoms with Crippen LogP contribution in [0.2, 0.25) is 0 Å². The van der Waals surface area contributed by atoms with Gasteiger partial charge in [-0.2, -0.15) is 0 Å². The standard InChI is InChI=1S/C22H24F2N2O3S/c1-4-10-22(11-12-22)30(27,28)26-20-18(29-13-5-2)14-17(23)19(24)21(20)25-16-8-6-15(3)7-9-16/h4-9,14,25-26H,1-2,10-13H2,3H3. The smallest absolute Gasteiger partial charge is 0.238 e. The third kappa shape index (κ3) is 4.33. The van der Waals surface area contributed by atoms with Crippen LogP contribution in [0, 0.1) is 18.6 Å². The van der Waals surface area contributed by atoms with Crippen molar-refractivity contribution in [2.45, 2.75) is 30.9 Å². The van der Waals surface area contributed by atoms with E-state index >= 15 is 0 Å². The van der Waals surface area contributed by atoms with E-state index in [-0.39, 0.29) is 30.2 Å². The molecule has 5 nitrogen and oxygen atoms in total. The molecule has 1 aliphatic rings. The first-order valence-electron chi connectivity index (χ1n) is 9.45. The van der Waals surface area contributed by atoms with Gasteiger partial charge >= 0.3 is 0 Å². The fourth-order valence-corrected chi connectivity index (χ4v) is 4.76. The van der Waals surface area contributed by atoms with Gasteiger partial charge in [0.05, 0.1) is 4.75 Å². The van der Waals surface area contributed by atoms with Crippen LogP contribution in [0.3, 0.4) is 0 Å².